The highest BCUT2D eigenvalue weighted by Gasteiger charge is 2.22. The molecule has 1 aromatic carbocycles. The van der Waals surface area contributed by atoms with Gasteiger partial charge in [0.15, 0.2) is 0 Å². The van der Waals surface area contributed by atoms with E-state index in [1.165, 1.54) is 7.11 Å². The molecule has 0 aliphatic carbocycles. The Balaban J connectivity index is 0.00000200. The van der Waals surface area contributed by atoms with E-state index in [1.54, 1.807) is 12.1 Å². The lowest BCUT2D eigenvalue weighted by Crippen LogP contribution is -2.23. The number of hydrogen-bond donors (Lipinski definition) is 1. The average Bonchev–Trinajstić information content (AvgIpc) is 2.88. The average molecular weight is 319 g/mol. The van der Waals surface area contributed by atoms with Crippen LogP contribution in [0.2, 0.25) is 5.02 Å². The minimum absolute atomic E-state index is 0. The maximum absolute atomic E-state index is 11.5. The Bertz CT molecular complexity index is 468. The van der Waals surface area contributed by atoms with E-state index in [9.17, 15) is 4.79 Å². The van der Waals surface area contributed by atoms with Crippen molar-refractivity contribution in [2.75, 3.05) is 26.7 Å². The molecule has 1 atom stereocenters. The van der Waals surface area contributed by atoms with E-state index < -0.39 is 0 Å². The zero-order valence-electron chi connectivity index (χ0n) is 11.5. The van der Waals surface area contributed by atoms with Gasteiger partial charge < -0.3 is 10.5 Å². The molecule has 1 aromatic rings. The van der Waals surface area contributed by atoms with E-state index >= 15 is 0 Å². The first kappa shape index (κ1) is 17.2. The largest absolute Gasteiger partial charge is 0.465 e. The van der Waals surface area contributed by atoms with Crippen molar-refractivity contribution >= 4 is 30.0 Å². The molecule has 1 aliphatic heterocycles. The third-order valence-electron chi connectivity index (χ3n) is 3.56. The Morgan fingerprint density at radius 1 is 1.55 bits per heavy atom. The number of benzene rings is 1. The number of rotatable bonds is 4. The van der Waals surface area contributed by atoms with Gasteiger partial charge in [-0.15, -0.1) is 12.4 Å². The molecule has 20 heavy (non-hydrogen) atoms. The predicted octanol–water partition coefficient (Wildman–Crippen LogP) is 2.33. The summed E-state index contributed by atoms with van der Waals surface area (Å²) in [5, 5.41) is 0.684. The second kappa shape index (κ2) is 7.84. The lowest BCUT2D eigenvalue weighted by Gasteiger charge is -2.17. The Hall–Kier alpha value is -0.810. The van der Waals surface area contributed by atoms with Gasteiger partial charge in [-0.05, 0) is 49.2 Å². The molecule has 0 aromatic heterocycles. The molecule has 1 saturated heterocycles. The number of ether oxygens (including phenoxy) is 1. The molecule has 0 saturated carbocycles. The molecule has 2 rings (SSSR count). The highest BCUT2D eigenvalue weighted by molar-refractivity contribution is 6.31. The van der Waals surface area contributed by atoms with Gasteiger partial charge in [-0.25, -0.2) is 4.79 Å². The maximum Gasteiger partial charge on any atom is 0.337 e. The smallest absolute Gasteiger partial charge is 0.337 e. The van der Waals surface area contributed by atoms with Gasteiger partial charge in [0, 0.05) is 18.1 Å². The number of hydrogen-bond acceptors (Lipinski definition) is 4. The second-order valence-electron chi connectivity index (χ2n) is 4.92. The maximum atomic E-state index is 11.5. The first-order valence-corrected chi connectivity index (χ1v) is 6.81. The molecular formula is C14H20Cl2N2O2. The fourth-order valence-corrected chi connectivity index (χ4v) is 2.61. The van der Waals surface area contributed by atoms with E-state index in [-0.39, 0.29) is 18.4 Å². The summed E-state index contributed by atoms with van der Waals surface area (Å²) in [7, 11) is 1.38. The van der Waals surface area contributed by atoms with Crippen molar-refractivity contribution in [2.24, 2.45) is 11.7 Å². The quantitative estimate of drug-likeness (QED) is 0.866. The third kappa shape index (κ3) is 4.09. The van der Waals surface area contributed by atoms with Crippen LogP contribution in [0, 0.1) is 5.92 Å². The van der Waals surface area contributed by atoms with Crippen LogP contribution in [-0.2, 0) is 11.3 Å². The lowest BCUT2D eigenvalue weighted by atomic mass is 10.1. The van der Waals surface area contributed by atoms with E-state index in [4.69, 9.17) is 22.1 Å². The summed E-state index contributed by atoms with van der Waals surface area (Å²) in [5.41, 5.74) is 7.19. The summed E-state index contributed by atoms with van der Waals surface area (Å²) >= 11 is 6.19. The molecule has 4 nitrogen and oxygen atoms in total. The van der Waals surface area contributed by atoms with Crippen LogP contribution in [0.4, 0.5) is 0 Å². The van der Waals surface area contributed by atoms with Crippen molar-refractivity contribution in [1.29, 1.82) is 0 Å². The standard InChI is InChI=1S/C14H19ClN2O2.ClH/c1-19-14(18)11-2-3-13(15)12(6-11)9-17-5-4-10(7-16)8-17;/h2-3,6,10H,4-5,7-9,16H2,1H3;1H. The van der Waals surface area contributed by atoms with Crippen LogP contribution in [-0.4, -0.2) is 37.6 Å². The molecule has 1 unspecified atom stereocenters. The first-order chi connectivity index (χ1) is 9.13. The molecule has 6 heteroatoms. The normalized spacial score (nSPS) is 18.6. The van der Waals surface area contributed by atoms with Gasteiger partial charge in [0.1, 0.15) is 0 Å². The van der Waals surface area contributed by atoms with Gasteiger partial charge in [-0.3, -0.25) is 4.90 Å². The number of carbonyl (C=O) groups excluding carboxylic acids is 1. The Morgan fingerprint density at radius 2 is 2.30 bits per heavy atom. The highest BCUT2D eigenvalue weighted by Crippen LogP contribution is 2.23. The number of carbonyl (C=O) groups is 1. The molecule has 0 radical (unpaired) electrons. The Kier molecular flexibility index (Phi) is 6.76. The number of nitrogens with two attached hydrogens (primary N) is 1. The summed E-state index contributed by atoms with van der Waals surface area (Å²) in [6, 6.07) is 5.24. The summed E-state index contributed by atoms with van der Waals surface area (Å²) in [6.45, 7) is 3.50. The molecule has 1 heterocycles. The van der Waals surface area contributed by atoms with E-state index in [2.05, 4.69) is 4.90 Å². The van der Waals surface area contributed by atoms with Gasteiger partial charge in [-0.2, -0.15) is 0 Å². The van der Waals surface area contributed by atoms with E-state index in [0.717, 1.165) is 38.2 Å². The SMILES string of the molecule is COC(=O)c1ccc(Cl)c(CN2CCC(CN)C2)c1.Cl. The zero-order chi connectivity index (χ0) is 13.8. The zero-order valence-corrected chi connectivity index (χ0v) is 13.0. The molecule has 1 fully saturated rings. The predicted molar refractivity (Wildman–Crippen MR) is 82.5 cm³/mol. The van der Waals surface area contributed by atoms with Crippen LogP contribution in [0.25, 0.3) is 0 Å². The lowest BCUT2D eigenvalue weighted by molar-refractivity contribution is 0.0600. The van der Waals surface area contributed by atoms with Crippen LogP contribution < -0.4 is 5.73 Å². The molecule has 2 N–H and O–H groups in total. The van der Waals surface area contributed by atoms with Gasteiger partial charge in [0.05, 0.1) is 12.7 Å². The Morgan fingerprint density at radius 3 is 2.90 bits per heavy atom. The van der Waals surface area contributed by atoms with E-state index in [1.807, 2.05) is 6.07 Å². The van der Waals surface area contributed by atoms with E-state index in [0.29, 0.717) is 16.5 Å². The minimum Gasteiger partial charge on any atom is -0.465 e. The molecule has 1 aliphatic rings. The van der Waals surface area contributed by atoms with Crippen molar-refractivity contribution in [1.82, 2.24) is 4.90 Å². The topological polar surface area (TPSA) is 55.6 Å². The van der Waals surface area contributed by atoms with Gasteiger partial charge in [0.25, 0.3) is 0 Å². The van der Waals surface area contributed by atoms with Crippen LogP contribution in [0.3, 0.4) is 0 Å². The molecule has 112 valence electrons. The summed E-state index contributed by atoms with van der Waals surface area (Å²) in [5.74, 6) is 0.238. The monoisotopic (exact) mass is 318 g/mol. The number of methoxy groups -OCH3 is 1. The van der Waals surface area contributed by atoms with Gasteiger partial charge in [-0.1, -0.05) is 11.6 Å². The molecular weight excluding hydrogens is 299 g/mol. The van der Waals surface area contributed by atoms with Crippen molar-refractivity contribution in [3.8, 4) is 0 Å². The molecule has 0 bridgehead atoms. The highest BCUT2D eigenvalue weighted by atomic mass is 35.5. The van der Waals surface area contributed by atoms with Gasteiger partial charge >= 0.3 is 5.97 Å². The summed E-state index contributed by atoms with van der Waals surface area (Å²) in [4.78, 5) is 13.8. The van der Waals surface area contributed by atoms with Crippen LogP contribution >= 0.6 is 24.0 Å². The summed E-state index contributed by atoms with van der Waals surface area (Å²) < 4.78 is 4.72. The van der Waals surface area contributed by atoms with Gasteiger partial charge in [0.2, 0.25) is 0 Å². The number of likely N-dealkylation sites (tertiary alicyclic amines) is 1. The van der Waals surface area contributed by atoms with Crippen molar-refractivity contribution in [3.05, 3.63) is 34.3 Å². The minimum atomic E-state index is -0.334. The summed E-state index contributed by atoms with van der Waals surface area (Å²) in [6.07, 6.45) is 1.13. The van der Waals surface area contributed by atoms with Crippen molar-refractivity contribution in [3.63, 3.8) is 0 Å². The van der Waals surface area contributed by atoms with Crippen LogP contribution in [0.15, 0.2) is 18.2 Å². The third-order valence-corrected chi connectivity index (χ3v) is 3.93. The Labute approximate surface area is 130 Å². The number of halogens is 2. The first-order valence-electron chi connectivity index (χ1n) is 6.43. The van der Waals surface area contributed by atoms with Crippen LogP contribution in [0.1, 0.15) is 22.3 Å². The molecule has 0 amide bonds. The second-order valence-corrected chi connectivity index (χ2v) is 5.33. The van der Waals surface area contributed by atoms with Crippen LogP contribution in [0.5, 0.6) is 0 Å². The molecule has 0 spiro atoms. The fourth-order valence-electron chi connectivity index (χ4n) is 2.43. The van der Waals surface area contributed by atoms with Crippen molar-refractivity contribution in [2.45, 2.75) is 13.0 Å². The van der Waals surface area contributed by atoms with Crippen molar-refractivity contribution < 1.29 is 9.53 Å². The number of nitrogens with zero attached hydrogens (tertiary/aromatic N) is 1. The number of esters is 1. The fraction of sp³-hybridized carbons (Fsp3) is 0.500.